The number of nitriles is 1. The van der Waals surface area contributed by atoms with Crippen molar-refractivity contribution in [3.63, 3.8) is 0 Å². The summed E-state index contributed by atoms with van der Waals surface area (Å²) in [4.78, 5) is 0. The van der Waals surface area contributed by atoms with Crippen molar-refractivity contribution >= 4 is 15.7 Å². The summed E-state index contributed by atoms with van der Waals surface area (Å²) < 4.78 is 61.3. The molecule has 0 unspecified atom stereocenters. The van der Waals surface area contributed by atoms with Gasteiger partial charge in [-0.1, -0.05) is 0 Å². The summed E-state index contributed by atoms with van der Waals surface area (Å²) in [6, 6.07) is 4.15. The largest absolute Gasteiger partial charge is 0.418 e. The molecular formula is C9H7F3N2O2S. The Kier molecular flexibility index (Phi) is 3.33. The number of halogens is 3. The van der Waals surface area contributed by atoms with Crippen LogP contribution in [-0.4, -0.2) is 14.7 Å². The predicted molar refractivity (Wildman–Crippen MR) is 54.6 cm³/mol. The van der Waals surface area contributed by atoms with E-state index < -0.39 is 27.5 Å². The van der Waals surface area contributed by atoms with Gasteiger partial charge in [-0.2, -0.15) is 18.4 Å². The van der Waals surface area contributed by atoms with Crippen LogP contribution in [-0.2, 0) is 16.2 Å². The molecular weight excluding hydrogens is 257 g/mol. The molecule has 0 atom stereocenters. The van der Waals surface area contributed by atoms with E-state index in [1.54, 1.807) is 10.8 Å². The number of hydrogen-bond donors (Lipinski definition) is 1. The number of benzene rings is 1. The Morgan fingerprint density at radius 1 is 1.35 bits per heavy atom. The fourth-order valence-corrected chi connectivity index (χ4v) is 1.71. The fraction of sp³-hybridized carbons (Fsp3) is 0.222. The van der Waals surface area contributed by atoms with Crippen LogP contribution >= 0.6 is 0 Å². The monoisotopic (exact) mass is 264 g/mol. The third-order valence-electron chi connectivity index (χ3n) is 1.75. The molecule has 92 valence electrons. The molecule has 0 amide bonds. The highest BCUT2D eigenvalue weighted by molar-refractivity contribution is 7.92. The summed E-state index contributed by atoms with van der Waals surface area (Å²) in [6.07, 6.45) is -3.99. The average Bonchev–Trinajstić information content (AvgIpc) is 2.14. The van der Waals surface area contributed by atoms with Crippen LogP contribution in [0, 0.1) is 11.3 Å². The first-order valence-electron chi connectivity index (χ1n) is 4.22. The first kappa shape index (κ1) is 13.3. The Hall–Kier alpha value is -1.75. The molecule has 8 heteroatoms. The topological polar surface area (TPSA) is 70.0 Å². The molecule has 0 saturated heterocycles. The number of sulfonamides is 1. The number of nitrogens with zero attached hydrogens (tertiary/aromatic N) is 1. The molecule has 1 rings (SSSR count). The van der Waals surface area contributed by atoms with Crippen LogP contribution in [0.5, 0.6) is 0 Å². The molecule has 0 aliphatic heterocycles. The van der Waals surface area contributed by atoms with Crippen LogP contribution in [0.3, 0.4) is 0 Å². The summed E-state index contributed by atoms with van der Waals surface area (Å²) in [5.74, 6) is 0. The van der Waals surface area contributed by atoms with Gasteiger partial charge in [-0.25, -0.2) is 8.42 Å². The van der Waals surface area contributed by atoms with Crippen molar-refractivity contribution in [1.82, 2.24) is 0 Å². The molecule has 0 spiro atoms. The first-order chi connectivity index (χ1) is 7.63. The molecule has 0 aliphatic carbocycles. The lowest BCUT2D eigenvalue weighted by Gasteiger charge is -2.13. The molecule has 0 bridgehead atoms. The second-order valence-corrected chi connectivity index (χ2v) is 4.99. The molecule has 0 saturated carbocycles. The summed E-state index contributed by atoms with van der Waals surface area (Å²) in [6.45, 7) is 0. The number of hydrogen-bond acceptors (Lipinski definition) is 3. The molecule has 4 nitrogen and oxygen atoms in total. The zero-order chi connectivity index (χ0) is 13.3. The van der Waals surface area contributed by atoms with E-state index in [1.165, 1.54) is 0 Å². The van der Waals surface area contributed by atoms with Gasteiger partial charge >= 0.3 is 6.18 Å². The smallest absolute Gasteiger partial charge is 0.283 e. The van der Waals surface area contributed by atoms with Crippen LogP contribution in [0.2, 0.25) is 0 Å². The zero-order valence-electron chi connectivity index (χ0n) is 8.54. The van der Waals surface area contributed by atoms with Gasteiger partial charge < -0.3 is 0 Å². The minimum absolute atomic E-state index is 0.198. The van der Waals surface area contributed by atoms with E-state index in [-0.39, 0.29) is 5.56 Å². The molecule has 0 radical (unpaired) electrons. The molecule has 0 aromatic heterocycles. The van der Waals surface area contributed by atoms with Crippen LogP contribution in [0.15, 0.2) is 18.2 Å². The molecule has 0 aliphatic rings. The zero-order valence-corrected chi connectivity index (χ0v) is 9.35. The van der Waals surface area contributed by atoms with E-state index in [9.17, 15) is 21.6 Å². The minimum Gasteiger partial charge on any atom is -0.283 e. The molecule has 1 aromatic rings. The van der Waals surface area contributed by atoms with E-state index in [0.29, 0.717) is 6.07 Å². The maximum atomic E-state index is 12.6. The Bertz CT molecular complexity index is 573. The maximum absolute atomic E-state index is 12.6. The molecule has 0 fully saturated rings. The van der Waals surface area contributed by atoms with Crippen LogP contribution in [0.4, 0.5) is 18.9 Å². The lowest BCUT2D eigenvalue weighted by molar-refractivity contribution is -0.136. The maximum Gasteiger partial charge on any atom is 0.418 e. The number of rotatable bonds is 2. The Morgan fingerprint density at radius 3 is 2.35 bits per heavy atom. The molecule has 0 heterocycles. The van der Waals surface area contributed by atoms with E-state index in [4.69, 9.17) is 5.26 Å². The van der Waals surface area contributed by atoms with Crippen LogP contribution in [0.25, 0.3) is 0 Å². The van der Waals surface area contributed by atoms with Crippen molar-refractivity contribution in [3.05, 3.63) is 29.3 Å². The summed E-state index contributed by atoms with van der Waals surface area (Å²) in [5.41, 5.74) is -1.99. The molecule has 17 heavy (non-hydrogen) atoms. The van der Waals surface area contributed by atoms with Gasteiger partial charge in [0.05, 0.1) is 29.1 Å². The van der Waals surface area contributed by atoms with Gasteiger partial charge in [0.1, 0.15) is 0 Å². The summed E-state index contributed by atoms with van der Waals surface area (Å²) in [5, 5.41) is 8.50. The van der Waals surface area contributed by atoms with Crippen molar-refractivity contribution < 1.29 is 21.6 Å². The van der Waals surface area contributed by atoms with Gasteiger partial charge in [0.25, 0.3) is 0 Å². The van der Waals surface area contributed by atoms with Gasteiger partial charge in [-0.3, -0.25) is 4.72 Å². The number of anilines is 1. The van der Waals surface area contributed by atoms with Gasteiger partial charge in [-0.15, -0.1) is 0 Å². The molecule has 1 N–H and O–H groups in total. The van der Waals surface area contributed by atoms with Crippen LogP contribution < -0.4 is 4.72 Å². The Balaban J connectivity index is 3.37. The summed E-state index contributed by atoms with van der Waals surface area (Å²) >= 11 is 0. The highest BCUT2D eigenvalue weighted by atomic mass is 32.2. The van der Waals surface area contributed by atoms with Crippen molar-refractivity contribution in [2.24, 2.45) is 0 Å². The van der Waals surface area contributed by atoms with Crippen molar-refractivity contribution in [1.29, 1.82) is 5.26 Å². The van der Waals surface area contributed by atoms with Crippen molar-refractivity contribution in [3.8, 4) is 6.07 Å². The van der Waals surface area contributed by atoms with Crippen molar-refractivity contribution in [2.75, 3.05) is 11.0 Å². The predicted octanol–water partition coefficient (Wildman–Crippen LogP) is 1.95. The average molecular weight is 264 g/mol. The lowest BCUT2D eigenvalue weighted by Crippen LogP contribution is -2.15. The van der Waals surface area contributed by atoms with Crippen molar-refractivity contribution in [2.45, 2.75) is 6.18 Å². The lowest BCUT2D eigenvalue weighted by atomic mass is 10.1. The third kappa shape index (κ3) is 3.64. The Labute approximate surface area is 95.7 Å². The van der Waals surface area contributed by atoms with E-state index in [2.05, 4.69) is 0 Å². The second-order valence-electron chi connectivity index (χ2n) is 3.24. The van der Waals surface area contributed by atoms with Gasteiger partial charge in [0.15, 0.2) is 0 Å². The summed E-state index contributed by atoms with van der Waals surface area (Å²) in [7, 11) is -3.81. The van der Waals surface area contributed by atoms with Gasteiger partial charge in [0, 0.05) is 0 Å². The normalized spacial score (nSPS) is 11.9. The Morgan fingerprint density at radius 2 is 1.94 bits per heavy atom. The standard InChI is InChI=1S/C9H7F3N2O2S/c1-17(15,16)14-8-3-2-6(5-13)4-7(8)9(10,11)12/h2-4,14H,1H3. The quantitative estimate of drug-likeness (QED) is 0.887. The number of alkyl halides is 3. The minimum atomic E-state index is -4.74. The third-order valence-corrected chi connectivity index (χ3v) is 2.34. The van der Waals surface area contributed by atoms with Gasteiger partial charge in [0.2, 0.25) is 10.0 Å². The van der Waals surface area contributed by atoms with Crippen LogP contribution in [0.1, 0.15) is 11.1 Å². The van der Waals surface area contributed by atoms with E-state index in [0.717, 1.165) is 18.4 Å². The second kappa shape index (κ2) is 4.25. The van der Waals surface area contributed by atoms with Gasteiger partial charge in [-0.05, 0) is 18.2 Å². The van der Waals surface area contributed by atoms with E-state index in [1.807, 2.05) is 0 Å². The SMILES string of the molecule is CS(=O)(=O)Nc1ccc(C#N)cc1C(F)(F)F. The number of nitrogens with one attached hydrogen (secondary N) is 1. The first-order valence-corrected chi connectivity index (χ1v) is 6.12. The molecule has 1 aromatic carbocycles. The fourth-order valence-electron chi connectivity index (χ4n) is 1.14. The highest BCUT2D eigenvalue weighted by Gasteiger charge is 2.34. The van der Waals surface area contributed by atoms with E-state index >= 15 is 0 Å². The highest BCUT2D eigenvalue weighted by Crippen LogP contribution is 2.35.